The van der Waals surface area contributed by atoms with Crippen molar-refractivity contribution in [1.82, 2.24) is 5.32 Å². The van der Waals surface area contributed by atoms with Gasteiger partial charge in [-0.1, -0.05) is 213 Å². The Morgan fingerprint density at radius 2 is 0.739 bits per heavy atom. The maximum Gasteiger partial charge on any atom is 0.220 e. The minimum absolute atomic E-state index is 0.142. The standard InChI is InChI=1S/C41H83NO4/c1-3-5-7-9-11-13-14-15-16-17-18-19-20-21-22-23-24-25-26-28-30-32-34-36-40(45)42-38(37-43)41(46)39(44)35-33-31-29-27-12-10-8-6-4-2/h38-39,41,43-44,46H,3-37H2,1-2H3,(H,42,45)/t38-,39+,41-/m0/s1. The molecule has 0 aliphatic rings. The SMILES string of the molecule is CCCCCCCCCCCCCCCCCCCCCCCCCC(=O)N[C@@H](CO)[C@H](O)[C@H](O)CCCCCCCCCCC. The van der Waals surface area contributed by atoms with E-state index in [9.17, 15) is 20.1 Å². The summed E-state index contributed by atoms with van der Waals surface area (Å²) in [5.74, 6) is -0.142. The lowest BCUT2D eigenvalue weighted by molar-refractivity contribution is -0.124. The van der Waals surface area contributed by atoms with E-state index in [-0.39, 0.29) is 12.5 Å². The third-order valence-corrected chi connectivity index (χ3v) is 9.96. The van der Waals surface area contributed by atoms with Crippen LogP contribution in [0.2, 0.25) is 0 Å². The number of nitrogens with one attached hydrogen (secondary N) is 1. The van der Waals surface area contributed by atoms with Crippen LogP contribution in [0.15, 0.2) is 0 Å². The summed E-state index contributed by atoms with van der Waals surface area (Å²) in [5, 5.41) is 33.3. The Hall–Kier alpha value is -0.650. The van der Waals surface area contributed by atoms with Gasteiger partial charge >= 0.3 is 0 Å². The number of aliphatic hydroxyl groups is 3. The Morgan fingerprint density at radius 1 is 0.457 bits per heavy atom. The summed E-state index contributed by atoms with van der Waals surface area (Å²) in [5.41, 5.74) is 0. The van der Waals surface area contributed by atoms with Gasteiger partial charge in [0.25, 0.3) is 0 Å². The fourth-order valence-electron chi connectivity index (χ4n) is 6.69. The lowest BCUT2D eigenvalue weighted by atomic mass is 9.99. The van der Waals surface area contributed by atoms with Crippen LogP contribution >= 0.6 is 0 Å². The lowest BCUT2D eigenvalue weighted by Gasteiger charge is -2.26. The summed E-state index contributed by atoms with van der Waals surface area (Å²) in [4.78, 5) is 12.4. The van der Waals surface area contributed by atoms with Crippen LogP contribution in [0.25, 0.3) is 0 Å². The fraction of sp³-hybridized carbons (Fsp3) is 0.976. The first-order valence-corrected chi connectivity index (χ1v) is 20.8. The van der Waals surface area contributed by atoms with Crippen molar-refractivity contribution in [2.45, 2.75) is 250 Å². The molecule has 0 unspecified atom stereocenters. The average molecular weight is 654 g/mol. The van der Waals surface area contributed by atoms with Gasteiger partial charge in [-0.25, -0.2) is 0 Å². The number of rotatable bonds is 38. The van der Waals surface area contributed by atoms with Gasteiger partial charge < -0.3 is 20.6 Å². The van der Waals surface area contributed by atoms with Gasteiger partial charge in [-0.2, -0.15) is 0 Å². The molecule has 0 heterocycles. The summed E-state index contributed by atoms with van der Waals surface area (Å²) in [7, 11) is 0. The molecule has 5 heteroatoms. The van der Waals surface area contributed by atoms with Crippen molar-refractivity contribution in [2.24, 2.45) is 0 Å². The predicted molar refractivity (Wildman–Crippen MR) is 199 cm³/mol. The average Bonchev–Trinajstić information content (AvgIpc) is 3.06. The minimum atomic E-state index is -1.13. The highest BCUT2D eigenvalue weighted by molar-refractivity contribution is 5.76. The molecular weight excluding hydrogens is 570 g/mol. The Kier molecular flexibility index (Phi) is 36.6. The van der Waals surface area contributed by atoms with Crippen molar-refractivity contribution < 1.29 is 20.1 Å². The second kappa shape index (κ2) is 37.2. The van der Waals surface area contributed by atoms with Crippen LogP contribution in [0.3, 0.4) is 0 Å². The molecule has 0 aromatic rings. The molecule has 0 fully saturated rings. The van der Waals surface area contributed by atoms with Gasteiger partial charge in [0.05, 0.1) is 18.8 Å². The van der Waals surface area contributed by atoms with Crippen LogP contribution in [0.4, 0.5) is 0 Å². The highest BCUT2D eigenvalue weighted by Gasteiger charge is 2.26. The number of amides is 1. The summed E-state index contributed by atoms with van der Waals surface area (Å²) >= 11 is 0. The van der Waals surface area contributed by atoms with Crippen LogP contribution < -0.4 is 5.32 Å². The molecule has 0 radical (unpaired) electrons. The van der Waals surface area contributed by atoms with Crippen LogP contribution in [0.5, 0.6) is 0 Å². The van der Waals surface area contributed by atoms with Gasteiger partial charge in [0, 0.05) is 6.42 Å². The lowest BCUT2D eigenvalue weighted by Crippen LogP contribution is -2.50. The van der Waals surface area contributed by atoms with E-state index in [1.807, 2.05) is 0 Å². The van der Waals surface area contributed by atoms with E-state index in [0.717, 1.165) is 38.5 Å². The molecule has 0 aliphatic heterocycles. The van der Waals surface area contributed by atoms with E-state index in [1.54, 1.807) is 0 Å². The largest absolute Gasteiger partial charge is 0.394 e. The number of carbonyl (C=O) groups is 1. The van der Waals surface area contributed by atoms with E-state index in [1.165, 1.54) is 167 Å². The van der Waals surface area contributed by atoms with Gasteiger partial charge in [-0.3, -0.25) is 4.79 Å². The summed E-state index contributed by atoms with van der Waals surface area (Å²) in [6.45, 7) is 4.16. The van der Waals surface area contributed by atoms with E-state index < -0.39 is 18.2 Å². The van der Waals surface area contributed by atoms with Crippen LogP contribution in [0.1, 0.15) is 232 Å². The number of carbonyl (C=O) groups excluding carboxylic acids is 1. The molecule has 0 aromatic heterocycles. The minimum Gasteiger partial charge on any atom is -0.394 e. The number of unbranched alkanes of at least 4 members (excludes halogenated alkanes) is 30. The van der Waals surface area contributed by atoms with Crippen LogP contribution in [-0.2, 0) is 4.79 Å². The first kappa shape index (κ1) is 45.3. The van der Waals surface area contributed by atoms with Crippen molar-refractivity contribution in [3.63, 3.8) is 0 Å². The molecule has 0 rings (SSSR count). The molecule has 4 N–H and O–H groups in total. The Bertz CT molecular complexity index is 601. The molecule has 3 atom stereocenters. The number of hydrogen-bond donors (Lipinski definition) is 4. The maximum atomic E-state index is 12.4. The van der Waals surface area contributed by atoms with E-state index in [2.05, 4.69) is 19.2 Å². The Balaban J connectivity index is 3.51. The highest BCUT2D eigenvalue weighted by Crippen LogP contribution is 2.17. The van der Waals surface area contributed by atoms with Gasteiger partial charge in [0.1, 0.15) is 6.10 Å². The fourth-order valence-corrected chi connectivity index (χ4v) is 6.69. The molecule has 0 aromatic carbocycles. The second-order valence-corrected chi connectivity index (χ2v) is 14.6. The van der Waals surface area contributed by atoms with Crippen molar-refractivity contribution in [3.8, 4) is 0 Å². The van der Waals surface area contributed by atoms with Gasteiger partial charge in [-0.05, 0) is 12.8 Å². The number of aliphatic hydroxyl groups excluding tert-OH is 3. The van der Waals surface area contributed by atoms with E-state index in [4.69, 9.17) is 0 Å². The molecule has 46 heavy (non-hydrogen) atoms. The van der Waals surface area contributed by atoms with E-state index in [0.29, 0.717) is 12.8 Å². The van der Waals surface area contributed by atoms with Gasteiger partial charge in [-0.15, -0.1) is 0 Å². The Morgan fingerprint density at radius 3 is 1.04 bits per heavy atom. The third-order valence-electron chi connectivity index (χ3n) is 9.96. The molecular formula is C41H83NO4. The molecule has 0 spiro atoms. The molecule has 0 bridgehead atoms. The first-order chi connectivity index (χ1) is 22.6. The Labute approximate surface area is 287 Å². The van der Waals surface area contributed by atoms with Crippen molar-refractivity contribution in [2.75, 3.05) is 6.61 Å². The summed E-state index contributed by atoms with van der Waals surface area (Å²) in [6, 6.07) is -0.800. The topological polar surface area (TPSA) is 89.8 Å². The quantitative estimate of drug-likeness (QED) is 0.0499. The zero-order valence-corrected chi connectivity index (χ0v) is 31.2. The zero-order chi connectivity index (χ0) is 33.8. The van der Waals surface area contributed by atoms with Crippen LogP contribution in [0, 0.1) is 0 Å². The van der Waals surface area contributed by atoms with Crippen LogP contribution in [-0.4, -0.2) is 46.1 Å². The molecule has 276 valence electrons. The third kappa shape index (κ3) is 31.9. The monoisotopic (exact) mass is 654 g/mol. The van der Waals surface area contributed by atoms with E-state index >= 15 is 0 Å². The second-order valence-electron chi connectivity index (χ2n) is 14.6. The molecule has 0 aliphatic carbocycles. The molecule has 0 saturated heterocycles. The molecule has 0 saturated carbocycles. The van der Waals surface area contributed by atoms with Crippen molar-refractivity contribution >= 4 is 5.91 Å². The normalized spacial score (nSPS) is 13.6. The predicted octanol–water partition coefficient (Wildman–Crippen LogP) is 11.5. The van der Waals surface area contributed by atoms with Crippen molar-refractivity contribution in [3.05, 3.63) is 0 Å². The molecule has 5 nitrogen and oxygen atoms in total. The molecule has 1 amide bonds. The summed E-state index contributed by atoms with van der Waals surface area (Å²) < 4.78 is 0. The zero-order valence-electron chi connectivity index (χ0n) is 31.2. The smallest absolute Gasteiger partial charge is 0.220 e. The maximum absolute atomic E-state index is 12.4. The highest BCUT2D eigenvalue weighted by atomic mass is 16.3. The van der Waals surface area contributed by atoms with Gasteiger partial charge in [0.2, 0.25) is 5.91 Å². The van der Waals surface area contributed by atoms with Gasteiger partial charge in [0.15, 0.2) is 0 Å². The van der Waals surface area contributed by atoms with Crippen molar-refractivity contribution in [1.29, 1.82) is 0 Å². The summed E-state index contributed by atoms with van der Waals surface area (Å²) in [6.07, 6.45) is 40.8. The number of hydrogen-bond acceptors (Lipinski definition) is 4. The first-order valence-electron chi connectivity index (χ1n) is 20.8.